The van der Waals surface area contributed by atoms with Gasteiger partial charge in [0.25, 0.3) is 0 Å². The van der Waals surface area contributed by atoms with Gasteiger partial charge in [0.1, 0.15) is 6.73 Å². The molecule has 1 atom stereocenters. The van der Waals surface area contributed by atoms with Crippen molar-refractivity contribution >= 4 is 15.7 Å². The zero-order valence-electron chi connectivity index (χ0n) is 10.4. The summed E-state index contributed by atoms with van der Waals surface area (Å²) < 4.78 is 31.9. The normalized spacial score (nSPS) is 26.2. The van der Waals surface area contributed by atoms with Crippen molar-refractivity contribution in [3.05, 3.63) is 29.8 Å². The van der Waals surface area contributed by atoms with Crippen LogP contribution in [0.5, 0.6) is 0 Å². The van der Waals surface area contributed by atoms with Crippen LogP contribution in [0.25, 0.3) is 0 Å². The van der Waals surface area contributed by atoms with Crippen LogP contribution in [0.15, 0.2) is 34.3 Å². The minimum Gasteiger partial charge on any atom is -0.375 e. The van der Waals surface area contributed by atoms with Gasteiger partial charge in [0.05, 0.1) is 17.2 Å². The maximum atomic E-state index is 12.6. The fourth-order valence-electron chi connectivity index (χ4n) is 2.19. The Kier molecular flexibility index (Phi) is 3.04. The molecule has 2 aliphatic heterocycles. The lowest BCUT2D eigenvalue weighted by Crippen LogP contribution is -2.40. The largest absolute Gasteiger partial charge is 0.375 e. The molecule has 0 N–H and O–H groups in total. The number of sulfonamides is 1. The van der Waals surface area contributed by atoms with Crippen molar-refractivity contribution in [2.45, 2.75) is 31.1 Å². The molecule has 0 fully saturated rings. The van der Waals surface area contributed by atoms with E-state index in [2.05, 4.69) is 5.16 Å². The molecule has 6 nitrogen and oxygen atoms in total. The molecule has 1 aromatic rings. The molecule has 0 saturated carbocycles. The molecule has 102 valence electrons. The fourth-order valence-corrected chi connectivity index (χ4v) is 3.78. The minimum absolute atomic E-state index is 0.0233. The van der Waals surface area contributed by atoms with Gasteiger partial charge in [0.2, 0.25) is 16.3 Å². The van der Waals surface area contributed by atoms with Gasteiger partial charge in [-0.05, 0) is 18.6 Å². The van der Waals surface area contributed by atoms with Crippen LogP contribution < -0.4 is 0 Å². The van der Waals surface area contributed by atoms with E-state index in [9.17, 15) is 8.42 Å². The van der Waals surface area contributed by atoms with E-state index in [1.165, 1.54) is 4.31 Å². The lowest BCUT2D eigenvalue weighted by molar-refractivity contribution is -0.0476. The summed E-state index contributed by atoms with van der Waals surface area (Å²) in [6.07, 6.45) is -0.152. The zero-order valence-corrected chi connectivity index (χ0v) is 11.3. The summed E-state index contributed by atoms with van der Waals surface area (Å²) in [7, 11) is -3.62. The molecule has 0 radical (unpaired) electrons. The first-order chi connectivity index (χ1) is 9.09. The van der Waals surface area contributed by atoms with E-state index in [1.54, 1.807) is 31.2 Å². The van der Waals surface area contributed by atoms with Crippen molar-refractivity contribution in [2.24, 2.45) is 5.16 Å². The summed E-state index contributed by atoms with van der Waals surface area (Å²) in [5.41, 5.74) is 1.44. The Morgan fingerprint density at radius 2 is 2.16 bits per heavy atom. The molecule has 2 heterocycles. The van der Waals surface area contributed by atoms with Crippen LogP contribution in [0.1, 0.15) is 18.9 Å². The molecule has 0 aromatic heterocycles. The Morgan fingerprint density at radius 1 is 1.37 bits per heavy atom. The molecular weight excluding hydrogens is 268 g/mol. The molecule has 7 heteroatoms. The van der Waals surface area contributed by atoms with Crippen molar-refractivity contribution in [2.75, 3.05) is 6.73 Å². The Bertz CT molecular complexity index is 626. The second-order valence-electron chi connectivity index (χ2n) is 4.57. The monoisotopic (exact) mass is 282 g/mol. The third-order valence-electron chi connectivity index (χ3n) is 3.16. The standard InChI is InChI=1S/C12H14N2O4S/c1-9-6-12(18-13-9)14-8-17-7-10-4-2-3-5-11(10)19(14,15)16/h2-5,12H,6-8H2,1H3. The second kappa shape index (κ2) is 4.59. The smallest absolute Gasteiger partial charge is 0.248 e. The average Bonchev–Trinajstić information content (AvgIpc) is 2.75. The molecule has 0 bridgehead atoms. The third kappa shape index (κ3) is 2.13. The van der Waals surface area contributed by atoms with Gasteiger partial charge in [-0.1, -0.05) is 23.4 Å². The van der Waals surface area contributed by atoms with E-state index in [-0.39, 0.29) is 18.2 Å². The Balaban J connectivity index is 2.00. The van der Waals surface area contributed by atoms with Gasteiger partial charge in [-0.15, -0.1) is 4.31 Å². The molecule has 0 spiro atoms. The lowest BCUT2D eigenvalue weighted by atomic mass is 10.2. The number of nitrogens with zero attached hydrogens (tertiary/aromatic N) is 2. The maximum absolute atomic E-state index is 12.6. The molecule has 0 amide bonds. The quantitative estimate of drug-likeness (QED) is 0.778. The summed E-state index contributed by atoms with van der Waals surface area (Å²) in [5.74, 6) is 0. The van der Waals surface area contributed by atoms with Crippen LogP contribution >= 0.6 is 0 Å². The number of ether oxygens (including phenoxy) is 1. The minimum atomic E-state index is -3.62. The van der Waals surface area contributed by atoms with Crippen LogP contribution in [-0.2, 0) is 26.2 Å². The predicted octanol–water partition coefficient (Wildman–Crippen LogP) is 1.29. The van der Waals surface area contributed by atoms with E-state index < -0.39 is 16.3 Å². The van der Waals surface area contributed by atoms with Crippen molar-refractivity contribution in [1.29, 1.82) is 0 Å². The van der Waals surface area contributed by atoms with Crippen molar-refractivity contribution < 1.29 is 18.0 Å². The highest BCUT2D eigenvalue weighted by Gasteiger charge is 2.38. The van der Waals surface area contributed by atoms with Crippen molar-refractivity contribution in [3.63, 3.8) is 0 Å². The maximum Gasteiger partial charge on any atom is 0.248 e. The summed E-state index contributed by atoms with van der Waals surface area (Å²) >= 11 is 0. The summed E-state index contributed by atoms with van der Waals surface area (Å²) in [4.78, 5) is 5.44. The van der Waals surface area contributed by atoms with Gasteiger partial charge in [-0.25, -0.2) is 8.42 Å². The van der Waals surface area contributed by atoms with Gasteiger partial charge in [0.15, 0.2) is 0 Å². The Labute approximate surface area is 111 Å². The molecule has 1 unspecified atom stereocenters. The summed E-state index contributed by atoms with van der Waals surface area (Å²) in [5, 5.41) is 3.80. The van der Waals surface area contributed by atoms with Crippen LogP contribution in [0.2, 0.25) is 0 Å². The predicted molar refractivity (Wildman–Crippen MR) is 67.7 cm³/mol. The Morgan fingerprint density at radius 3 is 2.89 bits per heavy atom. The number of hydrogen-bond donors (Lipinski definition) is 0. The molecule has 2 aliphatic rings. The van der Waals surface area contributed by atoms with Crippen LogP contribution in [0.4, 0.5) is 0 Å². The van der Waals surface area contributed by atoms with Gasteiger partial charge in [0, 0.05) is 6.42 Å². The van der Waals surface area contributed by atoms with E-state index in [4.69, 9.17) is 9.57 Å². The number of fused-ring (bicyclic) bond motifs is 1. The van der Waals surface area contributed by atoms with Crippen molar-refractivity contribution in [1.82, 2.24) is 4.31 Å². The molecule has 1 aromatic carbocycles. The van der Waals surface area contributed by atoms with E-state index >= 15 is 0 Å². The highest BCUT2D eigenvalue weighted by Crippen LogP contribution is 2.28. The first kappa shape index (κ1) is 12.6. The highest BCUT2D eigenvalue weighted by molar-refractivity contribution is 7.89. The van der Waals surface area contributed by atoms with Gasteiger partial charge in [-0.3, -0.25) is 0 Å². The van der Waals surface area contributed by atoms with Crippen LogP contribution in [-0.4, -0.2) is 31.4 Å². The van der Waals surface area contributed by atoms with Crippen molar-refractivity contribution in [3.8, 4) is 0 Å². The average molecular weight is 282 g/mol. The van der Waals surface area contributed by atoms with E-state index in [0.29, 0.717) is 12.0 Å². The third-order valence-corrected chi connectivity index (χ3v) is 5.07. The Hall–Kier alpha value is -1.44. The number of rotatable bonds is 1. The summed E-state index contributed by atoms with van der Waals surface area (Å²) in [6, 6.07) is 6.85. The molecule has 3 rings (SSSR count). The first-order valence-electron chi connectivity index (χ1n) is 5.96. The molecule has 0 saturated heterocycles. The molecule has 0 aliphatic carbocycles. The fraction of sp³-hybridized carbons (Fsp3) is 0.417. The van der Waals surface area contributed by atoms with E-state index in [1.807, 2.05) is 0 Å². The zero-order chi connectivity index (χ0) is 13.5. The SMILES string of the molecule is CC1=NOC(N2COCc3ccccc3S2(=O)=O)C1. The first-order valence-corrected chi connectivity index (χ1v) is 7.40. The van der Waals surface area contributed by atoms with Crippen LogP contribution in [0, 0.1) is 0 Å². The van der Waals surface area contributed by atoms with Gasteiger partial charge >= 0.3 is 0 Å². The number of benzene rings is 1. The topological polar surface area (TPSA) is 68.2 Å². The highest BCUT2D eigenvalue weighted by atomic mass is 32.2. The molecular formula is C12H14N2O4S. The van der Waals surface area contributed by atoms with Gasteiger partial charge < -0.3 is 9.57 Å². The second-order valence-corrected chi connectivity index (χ2v) is 6.43. The lowest BCUT2D eigenvalue weighted by Gasteiger charge is -2.23. The number of hydrogen-bond acceptors (Lipinski definition) is 5. The number of oxime groups is 1. The van der Waals surface area contributed by atoms with E-state index in [0.717, 1.165) is 5.71 Å². The van der Waals surface area contributed by atoms with Gasteiger partial charge in [-0.2, -0.15) is 0 Å². The summed E-state index contributed by atoms with van der Waals surface area (Å²) in [6.45, 7) is 2.06. The molecule has 19 heavy (non-hydrogen) atoms. The van der Waals surface area contributed by atoms with Crippen LogP contribution in [0.3, 0.4) is 0 Å².